The minimum absolute atomic E-state index is 0.0926. The summed E-state index contributed by atoms with van der Waals surface area (Å²) < 4.78 is 23.1. The molecular weight excluding hydrogens is 288 g/mol. The molecule has 1 saturated heterocycles. The van der Waals surface area contributed by atoms with E-state index >= 15 is 0 Å². The Morgan fingerprint density at radius 3 is 2.84 bits per heavy atom. The number of halogens is 1. The van der Waals surface area contributed by atoms with Gasteiger partial charge in [-0.05, 0) is 12.5 Å². The molecule has 8 heteroatoms. The number of anilines is 1. The van der Waals surface area contributed by atoms with Crippen molar-refractivity contribution >= 4 is 33.1 Å². The molecule has 0 unspecified atom stereocenters. The zero-order valence-electron chi connectivity index (χ0n) is 10.3. The third kappa shape index (κ3) is 3.16. The summed E-state index contributed by atoms with van der Waals surface area (Å²) in [7, 11) is -2.98. The third-order valence-electron chi connectivity index (χ3n) is 3.02. The van der Waals surface area contributed by atoms with E-state index in [-0.39, 0.29) is 17.3 Å². The van der Waals surface area contributed by atoms with Crippen molar-refractivity contribution in [1.29, 1.82) is 5.41 Å². The molecule has 2 heterocycles. The molecule has 1 aromatic heterocycles. The van der Waals surface area contributed by atoms with Crippen LogP contribution in [-0.2, 0) is 9.84 Å². The van der Waals surface area contributed by atoms with Crippen molar-refractivity contribution in [3.63, 3.8) is 0 Å². The molecule has 2 rings (SSSR count). The van der Waals surface area contributed by atoms with Gasteiger partial charge in [0.25, 0.3) is 0 Å². The van der Waals surface area contributed by atoms with E-state index < -0.39 is 9.84 Å². The minimum Gasteiger partial charge on any atom is -0.384 e. The largest absolute Gasteiger partial charge is 0.384 e. The van der Waals surface area contributed by atoms with Gasteiger partial charge in [0.2, 0.25) is 0 Å². The SMILES string of the molecule is N=C(N)c1ccnc(N2CCCS(=O)(=O)CC2)c1Cl. The fourth-order valence-electron chi connectivity index (χ4n) is 2.01. The van der Waals surface area contributed by atoms with E-state index in [1.54, 1.807) is 6.07 Å². The second kappa shape index (κ2) is 5.34. The number of hydrogen-bond donors (Lipinski definition) is 2. The molecule has 1 aliphatic heterocycles. The number of pyridine rings is 1. The van der Waals surface area contributed by atoms with Crippen LogP contribution in [0.5, 0.6) is 0 Å². The van der Waals surface area contributed by atoms with E-state index in [1.807, 2.05) is 4.90 Å². The first-order valence-electron chi connectivity index (χ1n) is 5.85. The topological polar surface area (TPSA) is 100 Å². The number of sulfone groups is 1. The van der Waals surface area contributed by atoms with E-state index in [4.69, 9.17) is 22.7 Å². The van der Waals surface area contributed by atoms with Gasteiger partial charge in [0.05, 0.1) is 16.5 Å². The lowest BCUT2D eigenvalue weighted by molar-refractivity contribution is 0.597. The van der Waals surface area contributed by atoms with Crippen molar-refractivity contribution in [2.75, 3.05) is 29.5 Å². The van der Waals surface area contributed by atoms with Gasteiger partial charge >= 0.3 is 0 Å². The van der Waals surface area contributed by atoms with E-state index in [2.05, 4.69) is 4.98 Å². The van der Waals surface area contributed by atoms with Crippen molar-refractivity contribution in [2.45, 2.75) is 6.42 Å². The quantitative estimate of drug-likeness (QED) is 0.617. The summed E-state index contributed by atoms with van der Waals surface area (Å²) >= 11 is 6.19. The lowest BCUT2D eigenvalue weighted by Crippen LogP contribution is -2.28. The highest BCUT2D eigenvalue weighted by atomic mass is 35.5. The smallest absolute Gasteiger partial charge is 0.152 e. The number of nitrogens with two attached hydrogens (primary N) is 1. The maximum Gasteiger partial charge on any atom is 0.152 e. The van der Waals surface area contributed by atoms with Crippen molar-refractivity contribution < 1.29 is 8.42 Å². The molecule has 0 aromatic carbocycles. The summed E-state index contributed by atoms with van der Waals surface area (Å²) in [5, 5.41) is 7.74. The molecule has 1 fully saturated rings. The summed E-state index contributed by atoms with van der Waals surface area (Å²) in [6.45, 7) is 0.934. The number of nitrogen functional groups attached to an aromatic ring is 1. The molecule has 0 aliphatic carbocycles. The number of amidine groups is 1. The zero-order valence-corrected chi connectivity index (χ0v) is 11.8. The zero-order chi connectivity index (χ0) is 14.0. The second-order valence-corrected chi connectivity index (χ2v) is 7.08. The minimum atomic E-state index is -2.98. The molecule has 3 N–H and O–H groups in total. The van der Waals surface area contributed by atoms with Crippen LogP contribution in [0.4, 0.5) is 5.82 Å². The number of rotatable bonds is 2. The van der Waals surface area contributed by atoms with Crippen molar-refractivity contribution in [3.05, 3.63) is 22.8 Å². The summed E-state index contributed by atoms with van der Waals surface area (Å²) in [6, 6.07) is 1.57. The lowest BCUT2D eigenvalue weighted by Gasteiger charge is -2.22. The number of nitrogens with zero attached hydrogens (tertiary/aromatic N) is 2. The summed E-state index contributed by atoms with van der Waals surface area (Å²) in [5.41, 5.74) is 5.86. The Morgan fingerprint density at radius 1 is 1.42 bits per heavy atom. The van der Waals surface area contributed by atoms with Crippen molar-refractivity contribution in [1.82, 2.24) is 4.98 Å². The Morgan fingerprint density at radius 2 is 2.16 bits per heavy atom. The molecule has 104 valence electrons. The maximum atomic E-state index is 11.6. The van der Waals surface area contributed by atoms with Crippen LogP contribution in [0.15, 0.2) is 12.3 Å². The lowest BCUT2D eigenvalue weighted by atomic mass is 10.2. The third-order valence-corrected chi connectivity index (χ3v) is 5.10. The van der Waals surface area contributed by atoms with E-state index in [1.165, 1.54) is 6.20 Å². The molecule has 0 bridgehead atoms. The monoisotopic (exact) mass is 302 g/mol. The van der Waals surface area contributed by atoms with Gasteiger partial charge in [-0.15, -0.1) is 0 Å². The molecule has 1 aromatic rings. The van der Waals surface area contributed by atoms with Gasteiger partial charge in [0.1, 0.15) is 11.7 Å². The second-order valence-electron chi connectivity index (χ2n) is 4.40. The van der Waals surface area contributed by atoms with Crippen molar-refractivity contribution in [2.24, 2.45) is 5.73 Å². The highest BCUT2D eigenvalue weighted by Gasteiger charge is 2.22. The van der Waals surface area contributed by atoms with Crippen LogP contribution in [0.25, 0.3) is 0 Å². The Balaban J connectivity index is 2.32. The van der Waals surface area contributed by atoms with Gasteiger partial charge in [-0.3, -0.25) is 5.41 Å². The normalized spacial score (nSPS) is 18.9. The maximum absolute atomic E-state index is 11.6. The summed E-state index contributed by atoms with van der Waals surface area (Å²) in [4.78, 5) is 6.01. The van der Waals surface area contributed by atoms with Crippen molar-refractivity contribution in [3.8, 4) is 0 Å². The van der Waals surface area contributed by atoms with Gasteiger partial charge in [-0.25, -0.2) is 13.4 Å². The van der Waals surface area contributed by atoms with Gasteiger partial charge in [-0.2, -0.15) is 0 Å². The number of aromatic nitrogens is 1. The van der Waals surface area contributed by atoms with E-state index in [0.717, 1.165) is 0 Å². The summed E-state index contributed by atoms with van der Waals surface area (Å²) in [6.07, 6.45) is 2.07. The molecule has 0 atom stereocenters. The van der Waals surface area contributed by atoms with Crippen LogP contribution >= 0.6 is 11.6 Å². The van der Waals surface area contributed by atoms with Crippen LogP contribution in [0, 0.1) is 5.41 Å². The van der Waals surface area contributed by atoms with Gasteiger partial charge < -0.3 is 10.6 Å². The van der Waals surface area contributed by atoms with Gasteiger partial charge in [-0.1, -0.05) is 11.6 Å². The average molecular weight is 303 g/mol. The standard InChI is InChI=1S/C11H15ClN4O2S/c12-9-8(10(13)14)2-3-15-11(9)16-4-1-6-19(17,18)7-5-16/h2-3H,1,4-7H2,(H3,13,14). The van der Waals surface area contributed by atoms with E-state index in [9.17, 15) is 8.42 Å². The van der Waals surface area contributed by atoms with E-state index in [0.29, 0.717) is 35.9 Å². The first-order valence-corrected chi connectivity index (χ1v) is 8.05. The van der Waals surface area contributed by atoms with Crippen LogP contribution in [-0.4, -0.2) is 43.8 Å². The van der Waals surface area contributed by atoms with Crippen LogP contribution in [0.1, 0.15) is 12.0 Å². The molecule has 6 nitrogen and oxygen atoms in total. The molecule has 0 spiro atoms. The molecule has 19 heavy (non-hydrogen) atoms. The predicted octanol–water partition coefficient (Wildman–Crippen LogP) is 0.644. The van der Waals surface area contributed by atoms with Crippen LogP contribution in [0.3, 0.4) is 0 Å². The number of nitrogens with one attached hydrogen (secondary N) is 1. The first kappa shape index (κ1) is 14.1. The number of hydrogen-bond acceptors (Lipinski definition) is 5. The molecule has 0 amide bonds. The fraction of sp³-hybridized carbons (Fsp3) is 0.455. The Labute approximate surface area is 117 Å². The average Bonchev–Trinajstić information content (AvgIpc) is 2.50. The molecule has 1 aliphatic rings. The van der Waals surface area contributed by atoms with Gasteiger partial charge in [0.15, 0.2) is 9.84 Å². The predicted molar refractivity (Wildman–Crippen MR) is 75.7 cm³/mol. The highest BCUT2D eigenvalue weighted by Crippen LogP contribution is 2.27. The van der Waals surface area contributed by atoms with Crippen LogP contribution < -0.4 is 10.6 Å². The Bertz CT molecular complexity index is 603. The molecular formula is C11H15ClN4O2S. The fourth-order valence-corrected chi connectivity index (χ4v) is 3.62. The molecule has 0 radical (unpaired) electrons. The van der Waals surface area contributed by atoms with Gasteiger partial charge in [0, 0.05) is 24.8 Å². The Kier molecular flexibility index (Phi) is 3.96. The summed E-state index contributed by atoms with van der Waals surface area (Å²) in [5.74, 6) is 0.644. The van der Waals surface area contributed by atoms with Crippen LogP contribution in [0.2, 0.25) is 5.02 Å². The first-order chi connectivity index (χ1) is 8.91. The molecule has 0 saturated carbocycles. The highest BCUT2D eigenvalue weighted by molar-refractivity contribution is 7.91. The Hall–Kier alpha value is -1.34.